The summed E-state index contributed by atoms with van der Waals surface area (Å²) in [5.41, 5.74) is 0. The molecule has 4 nitrogen and oxygen atoms in total. The van der Waals surface area contributed by atoms with E-state index >= 15 is 0 Å². The molecule has 0 aromatic carbocycles. The van der Waals surface area contributed by atoms with Crippen LogP contribution < -0.4 is 0 Å². The number of hydrogen-bond acceptors (Lipinski definition) is 4. The van der Waals surface area contributed by atoms with E-state index in [2.05, 4.69) is 4.90 Å². The van der Waals surface area contributed by atoms with Gasteiger partial charge in [0, 0.05) is 12.6 Å². The van der Waals surface area contributed by atoms with E-state index in [9.17, 15) is 4.79 Å². The van der Waals surface area contributed by atoms with Crippen LogP contribution in [0.4, 0.5) is 0 Å². The Balaban J connectivity index is 2.26. The highest BCUT2D eigenvalue weighted by atomic mass is 16.5. The normalized spacial score (nSPS) is 21.1. The number of aliphatic hydroxyl groups excluding tert-OH is 1. The van der Waals surface area contributed by atoms with Crippen LogP contribution in [0.2, 0.25) is 0 Å². The van der Waals surface area contributed by atoms with Gasteiger partial charge in [-0.05, 0) is 38.1 Å². The van der Waals surface area contributed by atoms with Crippen molar-refractivity contribution in [2.75, 3.05) is 26.3 Å². The molecular weight excluding hydrogens is 218 g/mol. The second-order valence-electron chi connectivity index (χ2n) is 5.21. The van der Waals surface area contributed by atoms with Gasteiger partial charge in [0.25, 0.3) is 0 Å². The molecule has 1 fully saturated rings. The third-order valence-electron chi connectivity index (χ3n) is 3.10. The quantitative estimate of drug-likeness (QED) is 0.687. The molecule has 1 N–H and O–H groups in total. The molecule has 1 aliphatic rings. The molecule has 1 heterocycles. The summed E-state index contributed by atoms with van der Waals surface area (Å²) in [6.07, 6.45) is 4.08. The van der Waals surface area contributed by atoms with Crippen molar-refractivity contribution in [3.63, 3.8) is 0 Å². The summed E-state index contributed by atoms with van der Waals surface area (Å²) in [7, 11) is 0. The lowest BCUT2D eigenvalue weighted by molar-refractivity contribution is -0.146. The maximum Gasteiger partial charge on any atom is 0.320 e. The van der Waals surface area contributed by atoms with E-state index in [1.165, 1.54) is 0 Å². The fourth-order valence-electron chi connectivity index (χ4n) is 2.23. The first kappa shape index (κ1) is 14.5. The Morgan fingerprint density at radius 2 is 2.29 bits per heavy atom. The SMILES string of the molecule is CC(C)COC(=O)CN1CCCC1CCCO. The van der Waals surface area contributed by atoms with Gasteiger partial charge in [0.2, 0.25) is 0 Å². The molecule has 1 unspecified atom stereocenters. The third kappa shape index (κ3) is 5.50. The Morgan fingerprint density at radius 3 is 2.94 bits per heavy atom. The summed E-state index contributed by atoms with van der Waals surface area (Å²) in [5, 5.41) is 8.83. The summed E-state index contributed by atoms with van der Waals surface area (Å²) < 4.78 is 5.19. The van der Waals surface area contributed by atoms with E-state index in [1.54, 1.807) is 0 Å². The lowest BCUT2D eigenvalue weighted by Crippen LogP contribution is -2.35. The predicted octanol–water partition coefficient (Wildman–Crippen LogP) is 1.42. The van der Waals surface area contributed by atoms with Gasteiger partial charge in [-0.15, -0.1) is 0 Å². The average molecular weight is 243 g/mol. The summed E-state index contributed by atoms with van der Waals surface area (Å²) >= 11 is 0. The van der Waals surface area contributed by atoms with Crippen LogP contribution in [0.1, 0.15) is 39.5 Å². The highest BCUT2D eigenvalue weighted by molar-refractivity contribution is 5.71. The van der Waals surface area contributed by atoms with Crippen molar-refractivity contribution in [3.05, 3.63) is 0 Å². The van der Waals surface area contributed by atoms with Gasteiger partial charge in [-0.1, -0.05) is 13.8 Å². The largest absolute Gasteiger partial charge is 0.464 e. The standard InChI is InChI=1S/C13H25NO3/c1-11(2)10-17-13(16)9-14-7-3-5-12(14)6-4-8-15/h11-12,15H,3-10H2,1-2H3. The van der Waals surface area contributed by atoms with Crippen LogP contribution in [0.15, 0.2) is 0 Å². The van der Waals surface area contributed by atoms with Crippen LogP contribution >= 0.6 is 0 Å². The van der Waals surface area contributed by atoms with E-state index < -0.39 is 0 Å². The molecule has 0 radical (unpaired) electrons. The molecule has 0 amide bonds. The smallest absolute Gasteiger partial charge is 0.320 e. The highest BCUT2D eigenvalue weighted by Crippen LogP contribution is 2.20. The number of nitrogens with zero attached hydrogens (tertiary/aromatic N) is 1. The van der Waals surface area contributed by atoms with Crippen molar-refractivity contribution in [2.24, 2.45) is 5.92 Å². The Hall–Kier alpha value is -0.610. The van der Waals surface area contributed by atoms with Gasteiger partial charge in [-0.25, -0.2) is 0 Å². The number of carbonyl (C=O) groups is 1. The number of aliphatic hydroxyl groups is 1. The number of hydrogen-bond donors (Lipinski definition) is 1. The molecular formula is C13H25NO3. The van der Waals surface area contributed by atoms with Gasteiger partial charge >= 0.3 is 5.97 Å². The molecule has 1 aliphatic heterocycles. The summed E-state index contributed by atoms with van der Waals surface area (Å²) in [6.45, 7) is 6.20. The minimum atomic E-state index is -0.116. The Labute approximate surface area is 104 Å². The van der Waals surface area contributed by atoms with Crippen LogP contribution in [-0.4, -0.2) is 48.3 Å². The van der Waals surface area contributed by atoms with E-state index in [-0.39, 0.29) is 12.6 Å². The van der Waals surface area contributed by atoms with E-state index in [1.807, 2.05) is 13.8 Å². The first-order valence-corrected chi connectivity index (χ1v) is 6.64. The molecule has 0 bridgehead atoms. The molecule has 0 aliphatic carbocycles. The lowest BCUT2D eigenvalue weighted by atomic mass is 10.1. The Morgan fingerprint density at radius 1 is 1.53 bits per heavy atom. The molecule has 0 spiro atoms. The third-order valence-corrected chi connectivity index (χ3v) is 3.10. The molecule has 0 aromatic rings. The summed E-state index contributed by atoms with van der Waals surface area (Å²) in [5.74, 6) is 0.275. The van der Waals surface area contributed by atoms with Gasteiger partial charge in [0.1, 0.15) is 0 Å². The van der Waals surface area contributed by atoms with Crippen molar-refractivity contribution in [2.45, 2.75) is 45.6 Å². The lowest BCUT2D eigenvalue weighted by Gasteiger charge is -2.23. The first-order chi connectivity index (χ1) is 8.13. The fourth-order valence-corrected chi connectivity index (χ4v) is 2.23. The van der Waals surface area contributed by atoms with Gasteiger partial charge in [-0.2, -0.15) is 0 Å². The monoisotopic (exact) mass is 243 g/mol. The fraction of sp³-hybridized carbons (Fsp3) is 0.923. The molecule has 17 heavy (non-hydrogen) atoms. The number of likely N-dealkylation sites (tertiary alicyclic amines) is 1. The van der Waals surface area contributed by atoms with Crippen LogP contribution in [0, 0.1) is 5.92 Å². The molecule has 0 aromatic heterocycles. The summed E-state index contributed by atoms with van der Waals surface area (Å²) in [4.78, 5) is 13.8. The zero-order valence-electron chi connectivity index (χ0n) is 11.0. The minimum Gasteiger partial charge on any atom is -0.464 e. The van der Waals surface area contributed by atoms with Gasteiger partial charge in [0.05, 0.1) is 13.2 Å². The number of ether oxygens (including phenoxy) is 1. The Kier molecular flexibility index (Phi) is 6.52. The molecule has 0 saturated carbocycles. The second kappa shape index (κ2) is 7.67. The Bertz CT molecular complexity index is 231. The van der Waals surface area contributed by atoms with Crippen LogP contribution in [-0.2, 0) is 9.53 Å². The van der Waals surface area contributed by atoms with E-state index in [0.29, 0.717) is 25.1 Å². The molecule has 4 heteroatoms. The predicted molar refractivity (Wildman–Crippen MR) is 66.7 cm³/mol. The zero-order valence-corrected chi connectivity index (χ0v) is 11.0. The van der Waals surface area contributed by atoms with Crippen LogP contribution in [0.25, 0.3) is 0 Å². The summed E-state index contributed by atoms with van der Waals surface area (Å²) in [6, 6.07) is 0.453. The number of rotatable bonds is 7. The van der Waals surface area contributed by atoms with Crippen molar-refractivity contribution >= 4 is 5.97 Å². The van der Waals surface area contributed by atoms with Crippen molar-refractivity contribution in [1.82, 2.24) is 4.90 Å². The van der Waals surface area contributed by atoms with Gasteiger partial charge in [0.15, 0.2) is 0 Å². The van der Waals surface area contributed by atoms with Crippen molar-refractivity contribution in [1.29, 1.82) is 0 Å². The molecule has 1 rings (SSSR count). The average Bonchev–Trinajstić information content (AvgIpc) is 2.71. The maximum atomic E-state index is 11.6. The minimum absolute atomic E-state index is 0.116. The van der Waals surface area contributed by atoms with Crippen LogP contribution in [0.3, 0.4) is 0 Å². The second-order valence-corrected chi connectivity index (χ2v) is 5.21. The van der Waals surface area contributed by atoms with E-state index in [4.69, 9.17) is 9.84 Å². The van der Waals surface area contributed by atoms with Gasteiger partial charge < -0.3 is 9.84 Å². The topological polar surface area (TPSA) is 49.8 Å². The molecule has 1 saturated heterocycles. The number of carbonyl (C=O) groups excluding carboxylic acids is 1. The van der Waals surface area contributed by atoms with E-state index in [0.717, 1.165) is 32.2 Å². The molecule has 1 atom stereocenters. The zero-order chi connectivity index (χ0) is 12.7. The van der Waals surface area contributed by atoms with Crippen molar-refractivity contribution in [3.8, 4) is 0 Å². The van der Waals surface area contributed by atoms with Crippen molar-refractivity contribution < 1.29 is 14.6 Å². The van der Waals surface area contributed by atoms with Crippen LogP contribution in [0.5, 0.6) is 0 Å². The van der Waals surface area contributed by atoms with Gasteiger partial charge in [-0.3, -0.25) is 9.69 Å². The molecule has 100 valence electrons. The maximum absolute atomic E-state index is 11.6. The highest BCUT2D eigenvalue weighted by Gasteiger charge is 2.26. The first-order valence-electron chi connectivity index (χ1n) is 6.64. The number of esters is 1.